The van der Waals surface area contributed by atoms with E-state index in [2.05, 4.69) is 24.3 Å². The van der Waals surface area contributed by atoms with Crippen LogP contribution in [0.5, 0.6) is 0 Å². The Morgan fingerprint density at radius 3 is 1.67 bits per heavy atom. The molecule has 0 nitrogen and oxygen atoms in total. The summed E-state index contributed by atoms with van der Waals surface area (Å²) < 4.78 is 0. The van der Waals surface area contributed by atoms with Crippen molar-refractivity contribution in [3.63, 3.8) is 0 Å². The molecule has 0 spiro atoms. The first-order valence-electron chi connectivity index (χ1n) is 6.45. The summed E-state index contributed by atoms with van der Waals surface area (Å²) in [6.07, 6.45) is 0. The number of halogens is 3. The zero-order valence-corrected chi connectivity index (χ0v) is 13.3. The van der Waals surface area contributed by atoms with E-state index in [4.69, 9.17) is 34.8 Å². The predicted molar refractivity (Wildman–Crippen MR) is 92.3 cm³/mol. The molecular formula is C18H11Cl3. The molecule has 3 aromatic carbocycles. The van der Waals surface area contributed by atoms with E-state index in [-0.39, 0.29) is 0 Å². The first kappa shape index (κ1) is 14.5. The second-order valence-corrected chi connectivity index (χ2v) is 5.91. The topological polar surface area (TPSA) is 0 Å². The van der Waals surface area contributed by atoms with Gasteiger partial charge in [0.15, 0.2) is 0 Å². The molecule has 3 aromatic rings. The molecule has 0 unspecified atom stereocenters. The zero-order valence-electron chi connectivity index (χ0n) is 11.0. The van der Waals surface area contributed by atoms with Crippen molar-refractivity contribution < 1.29 is 0 Å². The Balaban J connectivity index is 2.00. The molecule has 3 heteroatoms. The Bertz CT molecular complexity index is 762. The lowest BCUT2D eigenvalue weighted by atomic mass is 10.0. The molecule has 0 aliphatic rings. The lowest BCUT2D eigenvalue weighted by Gasteiger charge is -2.08. The minimum Gasteiger partial charge on any atom is -0.0836 e. The Hall–Kier alpha value is -1.47. The van der Waals surface area contributed by atoms with Gasteiger partial charge < -0.3 is 0 Å². The van der Waals surface area contributed by atoms with Crippen molar-refractivity contribution in [3.05, 3.63) is 81.8 Å². The molecule has 0 atom stereocenters. The quantitative estimate of drug-likeness (QED) is 0.444. The molecule has 0 heterocycles. The third-order valence-electron chi connectivity index (χ3n) is 3.31. The Kier molecular flexibility index (Phi) is 4.21. The zero-order chi connectivity index (χ0) is 14.8. The Morgan fingerprint density at radius 2 is 1.00 bits per heavy atom. The lowest BCUT2D eigenvalue weighted by Crippen LogP contribution is -1.83. The first-order chi connectivity index (χ1) is 10.1. The van der Waals surface area contributed by atoms with Gasteiger partial charge in [-0.05, 0) is 28.8 Å². The average Bonchev–Trinajstić information content (AvgIpc) is 2.52. The highest BCUT2D eigenvalue weighted by atomic mass is 35.5. The molecule has 0 aliphatic carbocycles. The summed E-state index contributed by atoms with van der Waals surface area (Å²) in [7, 11) is 0. The van der Waals surface area contributed by atoms with Gasteiger partial charge in [0.1, 0.15) is 0 Å². The van der Waals surface area contributed by atoms with Gasteiger partial charge in [-0.15, -0.1) is 0 Å². The van der Waals surface area contributed by atoms with Crippen molar-refractivity contribution in [2.24, 2.45) is 0 Å². The van der Waals surface area contributed by atoms with Gasteiger partial charge in [0.25, 0.3) is 0 Å². The van der Waals surface area contributed by atoms with Crippen LogP contribution in [0.3, 0.4) is 0 Å². The van der Waals surface area contributed by atoms with Gasteiger partial charge in [-0.3, -0.25) is 0 Å². The van der Waals surface area contributed by atoms with Crippen molar-refractivity contribution in [1.29, 1.82) is 0 Å². The smallest absolute Gasteiger partial charge is 0.0607 e. The Labute approximate surface area is 138 Å². The van der Waals surface area contributed by atoms with Crippen molar-refractivity contribution in [3.8, 4) is 22.3 Å². The molecule has 0 bridgehead atoms. The molecule has 104 valence electrons. The highest BCUT2D eigenvalue weighted by Crippen LogP contribution is 2.35. The van der Waals surface area contributed by atoms with Crippen LogP contribution in [0.25, 0.3) is 22.3 Å². The van der Waals surface area contributed by atoms with Crippen molar-refractivity contribution in [2.75, 3.05) is 0 Å². The van der Waals surface area contributed by atoms with Crippen LogP contribution in [0.1, 0.15) is 0 Å². The van der Waals surface area contributed by atoms with Crippen LogP contribution < -0.4 is 0 Å². The van der Waals surface area contributed by atoms with E-state index in [1.54, 1.807) is 12.1 Å². The van der Waals surface area contributed by atoms with Crippen molar-refractivity contribution in [2.45, 2.75) is 0 Å². The van der Waals surface area contributed by atoms with Gasteiger partial charge in [0.2, 0.25) is 0 Å². The second-order valence-electron chi connectivity index (χ2n) is 4.69. The maximum Gasteiger partial charge on any atom is 0.0607 e. The van der Waals surface area contributed by atoms with Gasteiger partial charge in [0.05, 0.1) is 10.0 Å². The minimum atomic E-state index is 0.464. The summed E-state index contributed by atoms with van der Waals surface area (Å²) >= 11 is 18.3. The monoisotopic (exact) mass is 332 g/mol. The van der Waals surface area contributed by atoms with E-state index >= 15 is 0 Å². The fourth-order valence-corrected chi connectivity index (χ4v) is 2.87. The molecule has 0 saturated carbocycles. The molecule has 0 fully saturated rings. The third kappa shape index (κ3) is 3.08. The minimum absolute atomic E-state index is 0.464. The normalized spacial score (nSPS) is 10.6. The van der Waals surface area contributed by atoms with Crippen LogP contribution in [-0.2, 0) is 0 Å². The molecule has 0 aromatic heterocycles. The summed E-state index contributed by atoms with van der Waals surface area (Å²) in [6, 6.07) is 21.9. The molecule has 0 saturated heterocycles. The molecular weight excluding hydrogens is 323 g/mol. The third-order valence-corrected chi connectivity index (χ3v) is 4.35. The molecule has 0 amide bonds. The van der Waals surface area contributed by atoms with Crippen molar-refractivity contribution >= 4 is 34.8 Å². The van der Waals surface area contributed by atoms with Gasteiger partial charge in [0, 0.05) is 10.6 Å². The van der Waals surface area contributed by atoms with Crippen LogP contribution in [0.4, 0.5) is 0 Å². The molecule has 3 rings (SSSR count). The summed E-state index contributed by atoms with van der Waals surface area (Å²) in [5, 5.41) is 1.56. The van der Waals surface area contributed by atoms with E-state index in [1.807, 2.05) is 30.3 Å². The first-order valence-corrected chi connectivity index (χ1v) is 7.59. The molecule has 0 radical (unpaired) electrons. The van der Waals surface area contributed by atoms with Crippen LogP contribution in [0, 0.1) is 0 Å². The van der Waals surface area contributed by atoms with Crippen LogP contribution in [-0.4, -0.2) is 0 Å². The average molecular weight is 334 g/mol. The van der Waals surface area contributed by atoms with Gasteiger partial charge in [-0.2, -0.15) is 0 Å². The van der Waals surface area contributed by atoms with Gasteiger partial charge >= 0.3 is 0 Å². The van der Waals surface area contributed by atoms with E-state index in [0.29, 0.717) is 15.1 Å². The highest BCUT2D eigenvalue weighted by molar-refractivity contribution is 6.44. The standard InChI is InChI=1S/C18H11Cl3/c19-16-11-18(21)17(20)10-15(16)14-8-6-13(7-9-14)12-4-2-1-3-5-12/h1-11H. The van der Waals surface area contributed by atoms with Crippen molar-refractivity contribution in [1.82, 2.24) is 0 Å². The molecule has 0 N–H and O–H groups in total. The number of benzene rings is 3. The van der Waals surface area contributed by atoms with E-state index in [1.165, 1.54) is 5.56 Å². The summed E-state index contributed by atoms with van der Waals surface area (Å²) in [5.41, 5.74) is 4.24. The predicted octanol–water partition coefficient (Wildman–Crippen LogP) is 6.98. The highest BCUT2D eigenvalue weighted by Gasteiger charge is 2.08. The largest absolute Gasteiger partial charge is 0.0836 e. The number of rotatable bonds is 2. The Morgan fingerprint density at radius 1 is 0.476 bits per heavy atom. The maximum atomic E-state index is 6.25. The van der Waals surface area contributed by atoms with Gasteiger partial charge in [-0.1, -0.05) is 89.4 Å². The summed E-state index contributed by atoms with van der Waals surface area (Å²) in [6.45, 7) is 0. The van der Waals surface area contributed by atoms with Crippen LogP contribution in [0.2, 0.25) is 15.1 Å². The number of hydrogen-bond donors (Lipinski definition) is 0. The van der Waals surface area contributed by atoms with E-state index < -0.39 is 0 Å². The lowest BCUT2D eigenvalue weighted by molar-refractivity contribution is 1.59. The van der Waals surface area contributed by atoms with Crippen LogP contribution >= 0.6 is 34.8 Å². The SMILES string of the molecule is Clc1cc(Cl)c(-c2ccc(-c3ccccc3)cc2)cc1Cl. The van der Waals surface area contributed by atoms with E-state index in [9.17, 15) is 0 Å². The summed E-state index contributed by atoms with van der Waals surface area (Å²) in [5.74, 6) is 0. The van der Waals surface area contributed by atoms with E-state index in [0.717, 1.165) is 16.7 Å². The van der Waals surface area contributed by atoms with Gasteiger partial charge in [-0.25, -0.2) is 0 Å². The fourth-order valence-electron chi connectivity index (χ4n) is 2.22. The molecule has 21 heavy (non-hydrogen) atoms. The number of hydrogen-bond acceptors (Lipinski definition) is 0. The molecule has 0 aliphatic heterocycles. The fraction of sp³-hybridized carbons (Fsp3) is 0. The summed E-state index contributed by atoms with van der Waals surface area (Å²) in [4.78, 5) is 0. The second kappa shape index (κ2) is 6.11. The van der Waals surface area contributed by atoms with Crippen LogP contribution in [0.15, 0.2) is 66.7 Å². The maximum absolute atomic E-state index is 6.25.